The predicted octanol–water partition coefficient (Wildman–Crippen LogP) is 3.96. The number of nitrogens with one attached hydrogen (secondary N) is 2. The minimum Gasteiger partial charge on any atom is -0.387 e. The molecule has 3 aromatic rings. The number of carbonyl (C=O) groups excluding carboxylic acids is 2. The highest BCUT2D eigenvalue weighted by molar-refractivity contribution is 7.12. The molecular weight excluding hydrogens is 441 g/mol. The van der Waals surface area contributed by atoms with Gasteiger partial charge in [-0.3, -0.25) is 9.59 Å². The Morgan fingerprint density at radius 2 is 1.75 bits per heavy atom. The van der Waals surface area contributed by atoms with Crippen LogP contribution < -0.4 is 10.6 Å². The van der Waals surface area contributed by atoms with Crippen LogP contribution in [0.4, 0.5) is 13.2 Å². The molecule has 168 valence electrons. The number of rotatable bonds is 8. The fourth-order valence-electron chi connectivity index (χ4n) is 3.06. The topological polar surface area (TPSA) is 78.4 Å². The van der Waals surface area contributed by atoms with Crippen molar-refractivity contribution >= 4 is 23.2 Å². The number of alkyl halides is 3. The molecule has 1 aromatic heterocycles. The summed E-state index contributed by atoms with van der Waals surface area (Å²) in [5, 5.41) is 17.3. The average Bonchev–Trinajstić information content (AvgIpc) is 3.32. The van der Waals surface area contributed by atoms with Crippen LogP contribution in [0.15, 0.2) is 72.1 Å². The molecule has 9 heteroatoms. The fraction of sp³-hybridized carbons (Fsp3) is 0.217. The van der Waals surface area contributed by atoms with Gasteiger partial charge in [0.15, 0.2) is 0 Å². The van der Waals surface area contributed by atoms with Crippen molar-refractivity contribution in [3.8, 4) is 0 Å². The largest absolute Gasteiger partial charge is 0.416 e. The lowest BCUT2D eigenvalue weighted by Gasteiger charge is -2.20. The van der Waals surface area contributed by atoms with Gasteiger partial charge in [0.2, 0.25) is 5.91 Å². The number of thiophene rings is 1. The van der Waals surface area contributed by atoms with Crippen LogP contribution in [-0.2, 0) is 17.4 Å². The minimum atomic E-state index is -4.54. The van der Waals surface area contributed by atoms with Gasteiger partial charge in [0, 0.05) is 13.0 Å². The molecule has 1 heterocycles. The molecule has 2 amide bonds. The predicted molar refractivity (Wildman–Crippen MR) is 115 cm³/mol. The van der Waals surface area contributed by atoms with Gasteiger partial charge >= 0.3 is 6.18 Å². The van der Waals surface area contributed by atoms with E-state index in [4.69, 9.17) is 0 Å². The number of aliphatic hydroxyl groups excluding tert-OH is 1. The summed E-state index contributed by atoms with van der Waals surface area (Å²) in [5.41, 5.74) is -0.0366. The first-order chi connectivity index (χ1) is 15.2. The quantitative estimate of drug-likeness (QED) is 0.474. The van der Waals surface area contributed by atoms with Crippen LogP contribution in [0.1, 0.15) is 32.5 Å². The molecule has 0 radical (unpaired) electrons. The van der Waals surface area contributed by atoms with Crippen LogP contribution in [0.25, 0.3) is 0 Å². The van der Waals surface area contributed by atoms with Gasteiger partial charge in [-0.15, -0.1) is 11.3 Å². The minimum absolute atomic E-state index is 0.0300. The van der Waals surface area contributed by atoms with Crippen molar-refractivity contribution in [1.82, 2.24) is 10.6 Å². The molecular formula is C23H21F3N2O3S. The van der Waals surface area contributed by atoms with E-state index in [0.29, 0.717) is 4.88 Å². The normalized spacial score (nSPS) is 13.2. The van der Waals surface area contributed by atoms with Crippen LogP contribution in [-0.4, -0.2) is 29.5 Å². The molecule has 0 fully saturated rings. The van der Waals surface area contributed by atoms with E-state index in [9.17, 15) is 27.9 Å². The van der Waals surface area contributed by atoms with Gasteiger partial charge < -0.3 is 15.7 Å². The second-order valence-corrected chi connectivity index (χ2v) is 8.02. The fourth-order valence-corrected chi connectivity index (χ4v) is 3.68. The first-order valence-corrected chi connectivity index (χ1v) is 10.6. The molecule has 2 unspecified atom stereocenters. The lowest BCUT2D eigenvalue weighted by Crippen LogP contribution is -2.48. The van der Waals surface area contributed by atoms with Crippen molar-refractivity contribution in [3.05, 3.63) is 93.7 Å². The average molecular weight is 462 g/mol. The van der Waals surface area contributed by atoms with Crippen molar-refractivity contribution in [2.75, 3.05) is 6.54 Å². The number of benzene rings is 2. The van der Waals surface area contributed by atoms with Crippen molar-refractivity contribution in [2.24, 2.45) is 0 Å². The summed E-state index contributed by atoms with van der Waals surface area (Å²) in [6.07, 6.45) is -5.67. The molecule has 0 aliphatic heterocycles. The van der Waals surface area contributed by atoms with E-state index < -0.39 is 35.7 Å². The van der Waals surface area contributed by atoms with Crippen molar-refractivity contribution in [3.63, 3.8) is 0 Å². The number of aliphatic hydroxyl groups is 1. The maximum Gasteiger partial charge on any atom is 0.416 e. The van der Waals surface area contributed by atoms with Gasteiger partial charge in [-0.25, -0.2) is 0 Å². The molecule has 32 heavy (non-hydrogen) atoms. The highest BCUT2D eigenvalue weighted by Crippen LogP contribution is 2.30. The highest BCUT2D eigenvalue weighted by Gasteiger charge is 2.31. The van der Waals surface area contributed by atoms with Crippen LogP contribution >= 0.6 is 11.3 Å². The SMILES string of the molecule is O=C(NC(Cc1ccccc1)C(=O)NCC(O)c1cccc(C(F)(F)F)c1)c1cccs1. The number of hydrogen-bond acceptors (Lipinski definition) is 4. The molecule has 0 bridgehead atoms. The zero-order valence-corrected chi connectivity index (χ0v) is 17.6. The summed E-state index contributed by atoms with van der Waals surface area (Å²) in [4.78, 5) is 25.7. The second kappa shape index (κ2) is 10.4. The van der Waals surface area contributed by atoms with Crippen molar-refractivity contribution in [2.45, 2.75) is 24.7 Å². The third-order valence-corrected chi connectivity index (χ3v) is 5.59. The van der Waals surface area contributed by atoms with E-state index in [-0.39, 0.29) is 18.5 Å². The highest BCUT2D eigenvalue weighted by atomic mass is 32.1. The van der Waals surface area contributed by atoms with E-state index in [0.717, 1.165) is 17.7 Å². The third kappa shape index (κ3) is 6.41. The van der Waals surface area contributed by atoms with Gasteiger partial charge in [-0.2, -0.15) is 13.2 Å². The summed E-state index contributed by atoms with van der Waals surface area (Å²) in [6.45, 7) is -0.305. The van der Waals surface area contributed by atoms with E-state index in [1.165, 1.54) is 23.5 Å². The van der Waals surface area contributed by atoms with Gasteiger partial charge in [0.05, 0.1) is 16.5 Å². The molecule has 2 atom stereocenters. The molecule has 0 aliphatic carbocycles. The number of hydrogen-bond donors (Lipinski definition) is 3. The van der Waals surface area contributed by atoms with Crippen molar-refractivity contribution < 1.29 is 27.9 Å². The summed E-state index contributed by atoms with van der Waals surface area (Å²) in [6, 6.07) is 15.8. The summed E-state index contributed by atoms with van der Waals surface area (Å²) < 4.78 is 38.7. The van der Waals surface area contributed by atoms with Crippen LogP contribution in [0, 0.1) is 0 Å². The van der Waals surface area contributed by atoms with E-state index in [1.807, 2.05) is 30.3 Å². The zero-order valence-electron chi connectivity index (χ0n) is 16.8. The number of carbonyl (C=O) groups is 2. The number of halogens is 3. The van der Waals surface area contributed by atoms with Crippen LogP contribution in [0.3, 0.4) is 0 Å². The van der Waals surface area contributed by atoms with Gasteiger partial charge in [0.1, 0.15) is 6.04 Å². The Bertz CT molecular complexity index is 1040. The molecule has 2 aromatic carbocycles. The molecule has 0 saturated heterocycles. The standard InChI is InChI=1S/C23H21F3N2O3S/c24-23(25,26)17-9-4-8-16(13-17)19(29)14-27-21(30)18(12-15-6-2-1-3-7-15)28-22(31)20-10-5-11-32-20/h1-11,13,18-19,29H,12,14H2,(H,27,30)(H,28,31). The lowest BCUT2D eigenvalue weighted by molar-refractivity contribution is -0.137. The van der Waals surface area contributed by atoms with Crippen LogP contribution in [0.5, 0.6) is 0 Å². The summed E-state index contributed by atoms with van der Waals surface area (Å²) in [5.74, 6) is -0.959. The molecule has 3 rings (SSSR count). The summed E-state index contributed by atoms with van der Waals surface area (Å²) >= 11 is 1.23. The Hall–Kier alpha value is -3.17. The van der Waals surface area contributed by atoms with E-state index in [2.05, 4.69) is 10.6 Å². The maximum absolute atomic E-state index is 12.9. The first kappa shape index (κ1) is 23.5. The molecule has 0 aliphatic rings. The molecule has 0 spiro atoms. The maximum atomic E-state index is 12.9. The number of amides is 2. The van der Waals surface area contributed by atoms with Gasteiger partial charge in [-0.05, 0) is 34.7 Å². The Labute approximate surface area is 186 Å². The molecule has 0 saturated carbocycles. The summed E-state index contributed by atoms with van der Waals surface area (Å²) in [7, 11) is 0. The lowest BCUT2D eigenvalue weighted by atomic mass is 10.0. The zero-order chi connectivity index (χ0) is 23.1. The Morgan fingerprint density at radius 1 is 1.00 bits per heavy atom. The van der Waals surface area contributed by atoms with Crippen LogP contribution in [0.2, 0.25) is 0 Å². The third-order valence-electron chi connectivity index (χ3n) is 4.72. The molecule has 5 nitrogen and oxygen atoms in total. The Morgan fingerprint density at radius 3 is 2.41 bits per heavy atom. The Balaban J connectivity index is 1.68. The smallest absolute Gasteiger partial charge is 0.387 e. The van der Waals surface area contributed by atoms with Crippen molar-refractivity contribution in [1.29, 1.82) is 0 Å². The second-order valence-electron chi connectivity index (χ2n) is 7.08. The molecule has 3 N–H and O–H groups in total. The Kier molecular flexibility index (Phi) is 7.66. The first-order valence-electron chi connectivity index (χ1n) is 9.75. The van der Waals surface area contributed by atoms with Gasteiger partial charge in [-0.1, -0.05) is 48.5 Å². The van der Waals surface area contributed by atoms with Gasteiger partial charge in [0.25, 0.3) is 5.91 Å². The van der Waals surface area contributed by atoms with E-state index in [1.54, 1.807) is 17.5 Å². The monoisotopic (exact) mass is 462 g/mol. The van der Waals surface area contributed by atoms with E-state index >= 15 is 0 Å².